The summed E-state index contributed by atoms with van der Waals surface area (Å²) in [6, 6.07) is 8.75. The number of halogens is 2. The van der Waals surface area contributed by atoms with Crippen LogP contribution in [0, 0.1) is 11.6 Å². The quantitative estimate of drug-likeness (QED) is 0.443. The number of esters is 1. The fraction of sp³-hybridized carbons (Fsp3) is 0.286. The van der Waals surface area contributed by atoms with Gasteiger partial charge in [0.15, 0.2) is 0 Å². The first-order valence-corrected chi connectivity index (χ1v) is 9.33. The zero-order valence-corrected chi connectivity index (χ0v) is 16.3. The molecule has 1 heterocycles. The molecule has 2 aromatic rings. The predicted octanol–water partition coefficient (Wildman–Crippen LogP) is 3.13. The molecular weight excluding hydrogens is 396 g/mol. The second-order valence-electron chi connectivity index (χ2n) is 6.63. The van der Waals surface area contributed by atoms with E-state index in [1.807, 2.05) is 0 Å². The number of nitrogens with one attached hydrogen (secondary N) is 2. The highest BCUT2D eigenvalue weighted by Gasteiger charge is 2.17. The summed E-state index contributed by atoms with van der Waals surface area (Å²) in [5, 5.41) is 5.32. The number of carbonyl (C=O) groups is 2. The molecule has 0 saturated carbocycles. The Morgan fingerprint density at radius 1 is 1.13 bits per heavy atom. The Kier molecular flexibility index (Phi) is 7.08. The standard InChI is InChI=1S/C21H21F2N3O4/c1-29-20(28)14-6-4-13(5-7-14)19(27)26-21(24-12-18-3-2-8-30-18)25-17-10-15(22)9-16(23)11-17/h4-7,9-11,18H,2-3,8,12H2,1H3,(H2,24,25,26,27)/t18-/m0/s1. The summed E-state index contributed by atoms with van der Waals surface area (Å²) in [5.74, 6) is -2.53. The molecule has 1 aliphatic rings. The number of benzene rings is 2. The molecule has 0 aliphatic carbocycles. The van der Waals surface area contributed by atoms with Crippen LogP contribution in [0.1, 0.15) is 33.6 Å². The first kappa shape index (κ1) is 21.4. The van der Waals surface area contributed by atoms with Crippen molar-refractivity contribution in [2.24, 2.45) is 4.99 Å². The van der Waals surface area contributed by atoms with E-state index in [2.05, 4.69) is 20.4 Å². The predicted molar refractivity (Wildman–Crippen MR) is 107 cm³/mol. The van der Waals surface area contributed by atoms with Gasteiger partial charge in [-0.15, -0.1) is 0 Å². The van der Waals surface area contributed by atoms with Crippen LogP contribution in [0.2, 0.25) is 0 Å². The first-order valence-electron chi connectivity index (χ1n) is 9.33. The number of amides is 1. The van der Waals surface area contributed by atoms with Crippen molar-refractivity contribution in [2.75, 3.05) is 25.6 Å². The molecule has 0 radical (unpaired) electrons. The molecule has 9 heteroatoms. The van der Waals surface area contributed by atoms with Crippen LogP contribution in [0.25, 0.3) is 0 Å². The smallest absolute Gasteiger partial charge is 0.337 e. The van der Waals surface area contributed by atoms with Gasteiger partial charge in [0, 0.05) is 23.9 Å². The Labute approximate surface area is 172 Å². The van der Waals surface area contributed by atoms with E-state index in [4.69, 9.17) is 4.74 Å². The largest absolute Gasteiger partial charge is 0.465 e. The van der Waals surface area contributed by atoms with Gasteiger partial charge in [-0.3, -0.25) is 10.1 Å². The summed E-state index contributed by atoms with van der Waals surface area (Å²) in [7, 11) is 1.26. The van der Waals surface area contributed by atoms with Crippen molar-refractivity contribution in [3.05, 3.63) is 65.2 Å². The number of ether oxygens (including phenoxy) is 2. The zero-order chi connectivity index (χ0) is 21.5. The van der Waals surface area contributed by atoms with E-state index in [-0.39, 0.29) is 29.9 Å². The molecule has 0 spiro atoms. The molecule has 1 saturated heterocycles. The average Bonchev–Trinajstić information content (AvgIpc) is 3.24. The molecule has 0 unspecified atom stereocenters. The average molecular weight is 417 g/mol. The third-order valence-corrected chi connectivity index (χ3v) is 4.40. The Bertz CT molecular complexity index is 922. The SMILES string of the molecule is COC(=O)c1ccc(C(=O)NC(=NC[C@@H]2CCCO2)Nc2cc(F)cc(F)c2)cc1. The molecule has 30 heavy (non-hydrogen) atoms. The highest BCUT2D eigenvalue weighted by Crippen LogP contribution is 2.14. The molecule has 1 amide bonds. The van der Waals surface area contributed by atoms with Crippen molar-refractivity contribution in [1.29, 1.82) is 0 Å². The second kappa shape index (κ2) is 9.93. The van der Waals surface area contributed by atoms with Gasteiger partial charge in [0.05, 0.1) is 25.3 Å². The molecular formula is C21H21F2N3O4. The number of hydrogen-bond donors (Lipinski definition) is 2. The monoisotopic (exact) mass is 417 g/mol. The Morgan fingerprint density at radius 2 is 1.80 bits per heavy atom. The van der Waals surface area contributed by atoms with Crippen LogP contribution in [-0.2, 0) is 9.47 Å². The summed E-state index contributed by atoms with van der Waals surface area (Å²) in [6.07, 6.45) is 1.69. The molecule has 158 valence electrons. The number of anilines is 1. The maximum atomic E-state index is 13.5. The van der Waals surface area contributed by atoms with Crippen molar-refractivity contribution >= 4 is 23.5 Å². The summed E-state index contributed by atoms with van der Waals surface area (Å²) >= 11 is 0. The van der Waals surface area contributed by atoms with Crippen LogP contribution in [0.4, 0.5) is 14.5 Å². The van der Waals surface area contributed by atoms with E-state index in [1.54, 1.807) is 0 Å². The molecule has 2 N–H and O–H groups in total. The van der Waals surface area contributed by atoms with Crippen LogP contribution in [-0.4, -0.2) is 44.2 Å². The number of guanidine groups is 1. The van der Waals surface area contributed by atoms with Gasteiger partial charge in [-0.2, -0.15) is 0 Å². The fourth-order valence-electron chi connectivity index (χ4n) is 2.91. The van der Waals surface area contributed by atoms with Gasteiger partial charge in [0.1, 0.15) is 11.6 Å². The van der Waals surface area contributed by atoms with Crippen LogP contribution in [0.5, 0.6) is 0 Å². The molecule has 0 aromatic heterocycles. The van der Waals surface area contributed by atoms with Gasteiger partial charge in [-0.05, 0) is 49.2 Å². The Balaban J connectivity index is 1.75. The number of methoxy groups -OCH3 is 1. The van der Waals surface area contributed by atoms with Crippen LogP contribution >= 0.6 is 0 Å². The Morgan fingerprint density at radius 3 is 2.40 bits per heavy atom. The van der Waals surface area contributed by atoms with Crippen LogP contribution in [0.15, 0.2) is 47.5 Å². The maximum Gasteiger partial charge on any atom is 0.337 e. The fourth-order valence-corrected chi connectivity index (χ4v) is 2.91. The van der Waals surface area contributed by atoms with Gasteiger partial charge in [0.25, 0.3) is 5.91 Å². The summed E-state index contributed by atoms with van der Waals surface area (Å²) in [5.41, 5.74) is 0.661. The lowest BCUT2D eigenvalue weighted by Gasteiger charge is -2.14. The van der Waals surface area contributed by atoms with Gasteiger partial charge in [0.2, 0.25) is 5.96 Å². The van der Waals surface area contributed by atoms with Crippen LogP contribution in [0.3, 0.4) is 0 Å². The zero-order valence-electron chi connectivity index (χ0n) is 16.3. The normalized spacial score (nSPS) is 16.2. The third kappa shape index (κ3) is 5.84. The minimum Gasteiger partial charge on any atom is -0.465 e. The molecule has 1 fully saturated rings. The van der Waals surface area contributed by atoms with Crippen molar-refractivity contribution in [3.8, 4) is 0 Å². The van der Waals surface area contributed by atoms with E-state index in [9.17, 15) is 18.4 Å². The van der Waals surface area contributed by atoms with E-state index in [0.29, 0.717) is 12.2 Å². The maximum absolute atomic E-state index is 13.5. The summed E-state index contributed by atoms with van der Waals surface area (Å²) in [6.45, 7) is 0.929. The lowest BCUT2D eigenvalue weighted by Crippen LogP contribution is -2.36. The highest BCUT2D eigenvalue weighted by molar-refractivity contribution is 6.10. The molecule has 1 atom stereocenters. The summed E-state index contributed by atoms with van der Waals surface area (Å²) < 4.78 is 37.2. The minimum atomic E-state index is -0.763. The highest BCUT2D eigenvalue weighted by atomic mass is 19.1. The number of carbonyl (C=O) groups excluding carboxylic acids is 2. The molecule has 1 aliphatic heterocycles. The van der Waals surface area contributed by atoms with Crippen molar-refractivity contribution < 1.29 is 27.8 Å². The van der Waals surface area contributed by atoms with Crippen molar-refractivity contribution in [3.63, 3.8) is 0 Å². The van der Waals surface area contributed by atoms with Gasteiger partial charge in [-0.1, -0.05) is 0 Å². The van der Waals surface area contributed by atoms with Crippen molar-refractivity contribution in [1.82, 2.24) is 5.32 Å². The number of rotatable bonds is 5. The van der Waals surface area contributed by atoms with Crippen LogP contribution < -0.4 is 10.6 Å². The van der Waals surface area contributed by atoms with E-state index < -0.39 is 23.5 Å². The third-order valence-electron chi connectivity index (χ3n) is 4.40. The lowest BCUT2D eigenvalue weighted by atomic mass is 10.1. The lowest BCUT2D eigenvalue weighted by molar-refractivity contribution is 0.0600. The first-order chi connectivity index (χ1) is 14.4. The van der Waals surface area contributed by atoms with Gasteiger partial charge >= 0.3 is 5.97 Å². The minimum absolute atomic E-state index is 0.0255. The number of aliphatic imine (C=N–C) groups is 1. The second-order valence-corrected chi connectivity index (χ2v) is 6.63. The molecule has 7 nitrogen and oxygen atoms in total. The summed E-state index contributed by atoms with van der Waals surface area (Å²) in [4.78, 5) is 28.4. The number of hydrogen-bond acceptors (Lipinski definition) is 5. The molecule has 2 aromatic carbocycles. The molecule has 0 bridgehead atoms. The van der Waals surface area contributed by atoms with Gasteiger partial charge < -0.3 is 14.8 Å². The van der Waals surface area contributed by atoms with Crippen molar-refractivity contribution in [2.45, 2.75) is 18.9 Å². The number of nitrogens with zero attached hydrogens (tertiary/aromatic N) is 1. The van der Waals surface area contributed by atoms with E-state index in [0.717, 1.165) is 31.0 Å². The topological polar surface area (TPSA) is 89.0 Å². The molecule has 3 rings (SSSR count). The van der Waals surface area contributed by atoms with E-state index in [1.165, 1.54) is 31.4 Å². The van der Waals surface area contributed by atoms with E-state index >= 15 is 0 Å². The Hall–Kier alpha value is -3.33. The van der Waals surface area contributed by atoms with Gasteiger partial charge in [-0.25, -0.2) is 18.6 Å².